The number of carbonyl (C=O) groups is 2. The van der Waals surface area contributed by atoms with Crippen LogP contribution in [0.4, 0.5) is 5.69 Å². The van der Waals surface area contributed by atoms with Gasteiger partial charge in [0.15, 0.2) is 0 Å². The molecule has 2 aromatic rings. The van der Waals surface area contributed by atoms with Crippen LogP contribution in [0.15, 0.2) is 58.3 Å². The molecule has 30 heavy (non-hydrogen) atoms. The molecule has 2 aromatic carbocycles. The number of nitrogens with zero attached hydrogens (tertiary/aromatic N) is 2. The predicted octanol–water partition coefficient (Wildman–Crippen LogP) is 1.45. The zero-order valence-corrected chi connectivity index (χ0v) is 18.2. The Morgan fingerprint density at radius 1 is 1.07 bits per heavy atom. The van der Waals surface area contributed by atoms with Crippen molar-refractivity contribution in [2.75, 3.05) is 44.3 Å². The molecule has 3 rings (SSSR count). The van der Waals surface area contributed by atoms with Crippen LogP contribution in [0.1, 0.15) is 10.4 Å². The Morgan fingerprint density at radius 2 is 1.77 bits per heavy atom. The molecule has 1 aliphatic rings. The second kappa shape index (κ2) is 9.61. The Balaban J connectivity index is 1.78. The van der Waals surface area contributed by atoms with Crippen LogP contribution in [-0.2, 0) is 14.8 Å². The summed E-state index contributed by atoms with van der Waals surface area (Å²) in [7, 11) is -1.72. The molecule has 0 aromatic heterocycles. The molecule has 0 radical (unpaired) electrons. The molecule has 1 aliphatic heterocycles. The zero-order chi connectivity index (χ0) is 21.7. The van der Waals surface area contributed by atoms with Crippen LogP contribution in [0.5, 0.6) is 0 Å². The van der Waals surface area contributed by atoms with Crippen LogP contribution in [0, 0.1) is 0 Å². The van der Waals surface area contributed by atoms with E-state index in [-0.39, 0.29) is 16.2 Å². The molecule has 0 saturated carbocycles. The largest absolute Gasteiger partial charge is 0.369 e. The van der Waals surface area contributed by atoms with Crippen molar-refractivity contribution in [3.8, 4) is 0 Å². The maximum absolute atomic E-state index is 13.0. The third-order valence-corrected chi connectivity index (χ3v) is 7.69. The fourth-order valence-corrected chi connectivity index (χ4v) is 5.23. The number of anilines is 1. The van der Waals surface area contributed by atoms with Gasteiger partial charge in [0.1, 0.15) is 0 Å². The van der Waals surface area contributed by atoms with E-state index in [1.807, 2.05) is 7.05 Å². The van der Waals surface area contributed by atoms with E-state index in [9.17, 15) is 18.0 Å². The van der Waals surface area contributed by atoms with E-state index in [1.165, 1.54) is 28.2 Å². The van der Waals surface area contributed by atoms with Gasteiger partial charge in [0.25, 0.3) is 5.91 Å². The van der Waals surface area contributed by atoms with Gasteiger partial charge in [-0.05, 0) is 37.4 Å². The molecule has 1 heterocycles. The van der Waals surface area contributed by atoms with Gasteiger partial charge in [0, 0.05) is 36.6 Å². The summed E-state index contributed by atoms with van der Waals surface area (Å²) < 4.78 is 27.4. The molecule has 0 spiro atoms. The van der Waals surface area contributed by atoms with Crippen molar-refractivity contribution in [2.24, 2.45) is 5.73 Å². The van der Waals surface area contributed by atoms with Crippen molar-refractivity contribution < 1.29 is 18.0 Å². The van der Waals surface area contributed by atoms with Gasteiger partial charge in [-0.15, -0.1) is 11.8 Å². The molecular formula is C20H24N4O4S2. The standard InChI is InChI=1S/C20H24N4O4S2/c1-23-9-11-24(12-10-23)30(27,28)16-6-4-5-15(13-16)20(26)22-17-7-2-3-8-18(17)29-14-19(21)25/h2-8,13H,9-12,14H2,1H3,(H2,21,25)(H,22,26). The van der Waals surface area contributed by atoms with Crippen molar-refractivity contribution in [2.45, 2.75) is 9.79 Å². The Hall–Kier alpha value is -2.40. The number of benzene rings is 2. The summed E-state index contributed by atoms with van der Waals surface area (Å²) in [4.78, 5) is 26.7. The number of carbonyl (C=O) groups excluding carboxylic acids is 2. The second-order valence-corrected chi connectivity index (χ2v) is 9.90. The van der Waals surface area contributed by atoms with Crippen LogP contribution in [0.2, 0.25) is 0 Å². The Labute approximate surface area is 180 Å². The number of nitrogens with two attached hydrogens (primary N) is 1. The zero-order valence-electron chi connectivity index (χ0n) is 16.6. The molecule has 160 valence electrons. The second-order valence-electron chi connectivity index (χ2n) is 6.94. The number of amides is 2. The molecule has 0 atom stereocenters. The van der Waals surface area contributed by atoms with Gasteiger partial charge >= 0.3 is 0 Å². The molecule has 8 nitrogen and oxygen atoms in total. The highest BCUT2D eigenvalue weighted by molar-refractivity contribution is 8.00. The summed E-state index contributed by atoms with van der Waals surface area (Å²) in [5.74, 6) is -0.800. The van der Waals surface area contributed by atoms with Crippen LogP contribution in [-0.4, -0.2) is 68.4 Å². The van der Waals surface area contributed by atoms with Crippen molar-refractivity contribution >= 4 is 39.3 Å². The SMILES string of the molecule is CN1CCN(S(=O)(=O)c2cccc(C(=O)Nc3ccccc3SCC(N)=O)c2)CC1. The number of sulfonamides is 1. The number of primary amides is 1. The van der Waals surface area contributed by atoms with Crippen LogP contribution < -0.4 is 11.1 Å². The highest BCUT2D eigenvalue weighted by atomic mass is 32.2. The molecule has 0 unspecified atom stereocenters. The van der Waals surface area contributed by atoms with Crippen molar-refractivity contribution in [3.63, 3.8) is 0 Å². The van der Waals surface area contributed by atoms with E-state index in [1.54, 1.807) is 36.4 Å². The first-order valence-electron chi connectivity index (χ1n) is 9.37. The molecule has 10 heteroatoms. The summed E-state index contributed by atoms with van der Waals surface area (Å²) in [5, 5.41) is 2.79. The molecule has 1 saturated heterocycles. The third kappa shape index (κ3) is 5.39. The predicted molar refractivity (Wildman–Crippen MR) is 117 cm³/mol. The summed E-state index contributed by atoms with van der Waals surface area (Å²) in [6.07, 6.45) is 0. The lowest BCUT2D eigenvalue weighted by Crippen LogP contribution is -2.47. The van der Waals surface area contributed by atoms with Crippen molar-refractivity contribution in [1.29, 1.82) is 0 Å². The van der Waals surface area contributed by atoms with E-state index < -0.39 is 21.8 Å². The number of rotatable bonds is 7. The summed E-state index contributed by atoms with van der Waals surface area (Å²) in [6.45, 7) is 2.16. The van der Waals surface area contributed by atoms with E-state index in [2.05, 4.69) is 10.2 Å². The fraction of sp³-hybridized carbons (Fsp3) is 0.300. The molecular weight excluding hydrogens is 424 g/mol. The van der Waals surface area contributed by atoms with Gasteiger partial charge in [-0.2, -0.15) is 4.31 Å². The van der Waals surface area contributed by atoms with Gasteiger partial charge in [0.05, 0.1) is 16.3 Å². The topological polar surface area (TPSA) is 113 Å². The molecule has 2 amide bonds. The lowest BCUT2D eigenvalue weighted by Gasteiger charge is -2.31. The molecule has 0 bridgehead atoms. The smallest absolute Gasteiger partial charge is 0.255 e. The number of para-hydroxylation sites is 1. The van der Waals surface area contributed by atoms with Crippen LogP contribution in [0.3, 0.4) is 0 Å². The number of likely N-dealkylation sites (N-methyl/N-ethyl adjacent to an activating group) is 1. The first kappa shape index (κ1) is 22.3. The van der Waals surface area contributed by atoms with Crippen molar-refractivity contribution in [1.82, 2.24) is 9.21 Å². The minimum Gasteiger partial charge on any atom is -0.369 e. The molecule has 3 N–H and O–H groups in total. The van der Waals surface area contributed by atoms with Gasteiger partial charge in [0.2, 0.25) is 15.9 Å². The normalized spacial score (nSPS) is 15.6. The van der Waals surface area contributed by atoms with E-state index in [0.717, 1.165) is 0 Å². The number of hydrogen-bond donors (Lipinski definition) is 2. The van der Waals surface area contributed by atoms with Gasteiger partial charge in [-0.3, -0.25) is 9.59 Å². The molecule has 1 fully saturated rings. The van der Waals surface area contributed by atoms with Crippen molar-refractivity contribution in [3.05, 3.63) is 54.1 Å². The average Bonchev–Trinajstić information content (AvgIpc) is 2.73. The quantitative estimate of drug-likeness (QED) is 0.620. The summed E-state index contributed by atoms with van der Waals surface area (Å²) >= 11 is 1.22. The minimum absolute atomic E-state index is 0.0889. The van der Waals surface area contributed by atoms with E-state index in [4.69, 9.17) is 5.73 Å². The Kier molecular flexibility index (Phi) is 7.14. The highest BCUT2D eigenvalue weighted by Gasteiger charge is 2.28. The maximum Gasteiger partial charge on any atom is 0.255 e. The van der Waals surface area contributed by atoms with Crippen LogP contribution in [0.25, 0.3) is 0 Å². The lowest BCUT2D eigenvalue weighted by atomic mass is 10.2. The first-order chi connectivity index (χ1) is 14.3. The van der Waals surface area contributed by atoms with Gasteiger partial charge in [-0.25, -0.2) is 8.42 Å². The number of piperazine rings is 1. The number of nitrogens with one attached hydrogen (secondary N) is 1. The highest BCUT2D eigenvalue weighted by Crippen LogP contribution is 2.27. The Bertz CT molecular complexity index is 1030. The maximum atomic E-state index is 13.0. The lowest BCUT2D eigenvalue weighted by molar-refractivity contribution is -0.115. The van der Waals surface area contributed by atoms with Gasteiger partial charge in [-0.1, -0.05) is 18.2 Å². The fourth-order valence-electron chi connectivity index (χ4n) is 3.01. The average molecular weight is 449 g/mol. The minimum atomic E-state index is -3.67. The van der Waals surface area contributed by atoms with E-state index >= 15 is 0 Å². The third-order valence-electron chi connectivity index (χ3n) is 4.70. The van der Waals surface area contributed by atoms with E-state index in [0.29, 0.717) is 36.8 Å². The summed E-state index contributed by atoms with van der Waals surface area (Å²) in [6, 6.07) is 13.1. The molecule has 0 aliphatic carbocycles. The summed E-state index contributed by atoms with van der Waals surface area (Å²) in [5.41, 5.74) is 5.96. The number of hydrogen-bond acceptors (Lipinski definition) is 6. The first-order valence-corrected chi connectivity index (χ1v) is 11.8. The van der Waals surface area contributed by atoms with Gasteiger partial charge < -0.3 is 16.0 Å². The monoisotopic (exact) mass is 448 g/mol. The Morgan fingerprint density at radius 3 is 2.47 bits per heavy atom. The number of thioether (sulfide) groups is 1. The van der Waals surface area contributed by atoms with Crippen LogP contribution >= 0.6 is 11.8 Å².